The van der Waals surface area contributed by atoms with Gasteiger partial charge in [-0.2, -0.15) is 5.10 Å². The molecule has 0 amide bonds. The van der Waals surface area contributed by atoms with Crippen molar-refractivity contribution in [1.29, 1.82) is 0 Å². The molecule has 19 heavy (non-hydrogen) atoms. The Labute approximate surface area is 110 Å². The molecule has 0 aliphatic heterocycles. The quantitative estimate of drug-likeness (QED) is 0.792. The fourth-order valence-corrected chi connectivity index (χ4v) is 1.76. The third kappa shape index (κ3) is 3.04. The van der Waals surface area contributed by atoms with Crippen LogP contribution < -0.4 is 10.5 Å². The van der Waals surface area contributed by atoms with Gasteiger partial charge in [0, 0.05) is 19.7 Å². The van der Waals surface area contributed by atoms with Gasteiger partial charge in [0.25, 0.3) is 0 Å². The predicted molar refractivity (Wildman–Crippen MR) is 70.2 cm³/mol. The van der Waals surface area contributed by atoms with Crippen LogP contribution in [0.2, 0.25) is 0 Å². The molecular weight excluding hydrogens is 246 g/mol. The Morgan fingerprint density at radius 3 is 2.95 bits per heavy atom. The van der Waals surface area contributed by atoms with Crippen molar-refractivity contribution in [1.82, 2.24) is 9.78 Å². The molecular formula is C13H15N3O3. The van der Waals surface area contributed by atoms with Gasteiger partial charge in [0.1, 0.15) is 5.56 Å². The highest BCUT2D eigenvalue weighted by molar-refractivity contribution is 5.93. The average Bonchev–Trinajstić information content (AvgIpc) is 2.77. The van der Waals surface area contributed by atoms with E-state index in [9.17, 15) is 4.79 Å². The lowest BCUT2D eigenvalue weighted by atomic mass is 10.1. The summed E-state index contributed by atoms with van der Waals surface area (Å²) in [5.74, 6) is -0.831. The normalized spacial score (nSPS) is 10.4. The third-order valence-corrected chi connectivity index (χ3v) is 2.67. The lowest BCUT2D eigenvalue weighted by molar-refractivity contribution is 0.0692. The summed E-state index contributed by atoms with van der Waals surface area (Å²) in [5.41, 5.74) is 7.16. The number of aryl methyl sites for hydroxylation is 1. The fourth-order valence-electron chi connectivity index (χ4n) is 1.76. The predicted octanol–water partition coefficient (Wildman–Crippen LogP) is 1.32. The van der Waals surface area contributed by atoms with E-state index in [4.69, 9.17) is 15.6 Å². The van der Waals surface area contributed by atoms with E-state index < -0.39 is 5.97 Å². The van der Waals surface area contributed by atoms with E-state index >= 15 is 0 Å². The van der Waals surface area contributed by atoms with Crippen LogP contribution in [0.1, 0.15) is 15.9 Å². The number of anilines is 1. The highest BCUT2D eigenvalue weighted by Crippen LogP contribution is 2.26. The van der Waals surface area contributed by atoms with Crippen LogP contribution in [-0.2, 0) is 13.5 Å². The molecule has 100 valence electrons. The first kappa shape index (κ1) is 12.9. The van der Waals surface area contributed by atoms with Crippen LogP contribution in [0.3, 0.4) is 0 Å². The molecule has 0 bridgehead atoms. The minimum absolute atomic E-state index is 0.0752. The minimum Gasteiger partial charge on any atom is -0.490 e. The van der Waals surface area contributed by atoms with Crippen molar-refractivity contribution in [3.05, 3.63) is 41.7 Å². The molecule has 6 nitrogen and oxygen atoms in total. The standard InChI is InChI=1S/C13H15N3O3/c1-16-8-9(7-15-16)5-6-19-12-10(13(17)18)3-2-4-11(12)14/h2-4,7-8H,5-6,14H2,1H3,(H,17,18). The first-order valence-corrected chi connectivity index (χ1v) is 5.80. The van der Waals surface area contributed by atoms with Gasteiger partial charge in [-0.15, -0.1) is 0 Å². The number of aromatic nitrogens is 2. The summed E-state index contributed by atoms with van der Waals surface area (Å²) in [6.45, 7) is 0.347. The van der Waals surface area contributed by atoms with Crippen LogP contribution in [0.4, 0.5) is 5.69 Å². The number of carbonyl (C=O) groups is 1. The number of nitrogen functional groups attached to an aromatic ring is 1. The molecule has 2 aromatic rings. The number of rotatable bonds is 5. The SMILES string of the molecule is Cn1cc(CCOc2c(N)cccc2C(=O)O)cn1. The van der Waals surface area contributed by atoms with Gasteiger partial charge < -0.3 is 15.6 Å². The number of para-hydroxylation sites is 1. The molecule has 0 atom stereocenters. The van der Waals surface area contributed by atoms with Crippen LogP contribution in [0, 0.1) is 0 Å². The Kier molecular flexibility index (Phi) is 3.70. The molecule has 0 fully saturated rings. The number of benzene rings is 1. The minimum atomic E-state index is -1.05. The molecule has 0 spiro atoms. The van der Waals surface area contributed by atoms with Gasteiger partial charge in [0.05, 0.1) is 18.5 Å². The number of ether oxygens (including phenoxy) is 1. The first-order valence-electron chi connectivity index (χ1n) is 5.80. The highest BCUT2D eigenvalue weighted by atomic mass is 16.5. The van der Waals surface area contributed by atoms with Gasteiger partial charge in [0.2, 0.25) is 0 Å². The van der Waals surface area contributed by atoms with Gasteiger partial charge in [0.15, 0.2) is 5.75 Å². The summed E-state index contributed by atoms with van der Waals surface area (Å²) in [7, 11) is 1.84. The van der Waals surface area contributed by atoms with Crippen LogP contribution in [0.25, 0.3) is 0 Å². The van der Waals surface area contributed by atoms with Crippen molar-refractivity contribution >= 4 is 11.7 Å². The van der Waals surface area contributed by atoms with Crippen LogP contribution >= 0.6 is 0 Å². The number of hydrogen-bond donors (Lipinski definition) is 2. The van der Waals surface area contributed by atoms with E-state index in [0.717, 1.165) is 5.56 Å². The summed E-state index contributed by atoms with van der Waals surface area (Å²) in [4.78, 5) is 11.1. The molecule has 0 saturated heterocycles. The van der Waals surface area contributed by atoms with Crippen LogP contribution in [0.15, 0.2) is 30.6 Å². The summed E-state index contributed by atoms with van der Waals surface area (Å²) >= 11 is 0. The maximum Gasteiger partial charge on any atom is 0.339 e. The molecule has 1 aromatic carbocycles. The maximum absolute atomic E-state index is 11.1. The zero-order valence-electron chi connectivity index (χ0n) is 10.5. The molecule has 0 saturated carbocycles. The van der Waals surface area contributed by atoms with Gasteiger partial charge in [-0.1, -0.05) is 6.07 Å². The fraction of sp³-hybridized carbons (Fsp3) is 0.231. The highest BCUT2D eigenvalue weighted by Gasteiger charge is 2.13. The smallest absolute Gasteiger partial charge is 0.339 e. The van der Waals surface area contributed by atoms with Crippen molar-refractivity contribution in [3.63, 3.8) is 0 Å². The van der Waals surface area contributed by atoms with Crippen molar-refractivity contribution < 1.29 is 14.6 Å². The summed E-state index contributed by atoms with van der Waals surface area (Å²) in [6, 6.07) is 4.68. The van der Waals surface area contributed by atoms with Gasteiger partial charge in [-0.05, 0) is 17.7 Å². The maximum atomic E-state index is 11.1. The number of hydrogen-bond acceptors (Lipinski definition) is 4. The molecule has 3 N–H and O–H groups in total. The summed E-state index contributed by atoms with van der Waals surface area (Å²) in [5, 5.41) is 13.1. The number of nitrogens with two attached hydrogens (primary N) is 1. The number of nitrogens with zero attached hydrogens (tertiary/aromatic N) is 2. The third-order valence-electron chi connectivity index (χ3n) is 2.67. The van der Waals surface area contributed by atoms with Gasteiger partial charge in [-0.25, -0.2) is 4.79 Å². The first-order chi connectivity index (χ1) is 9.08. The van der Waals surface area contributed by atoms with E-state index in [1.807, 2.05) is 13.2 Å². The number of carboxylic acids is 1. The second kappa shape index (κ2) is 5.43. The molecule has 1 aromatic heterocycles. The Balaban J connectivity index is 2.05. The average molecular weight is 261 g/mol. The van der Waals surface area contributed by atoms with E-state index in [-0.39, 0.29) is 11.3 Å². The van der Waals surface area contributed by atoms with Crippen molar-refractivity contribution in [2.24, 2.45) is 7.05 Å². The van der Waals surface area contributed by atoms with Crippen molar-refractivity contribution in [2.45, 2.75) is 6.42 Å². The van der Waals surface area contributed by atoms with E-state index in [1.54, 1.807) is 23.0 Å². The zero-order chi connectivity index (χ0) is 13.8. The van der Waals surface area contributed by atoms with Gasteiger partial charge >= 0.3 is 5.97 Å². The topological polar surface area (TPSA) is 90.4 Å². The van der Waals surface area contributed by atoms with Crippen molar-refractivity contribution in [3.8, 4) is 5.75 Å². The van der Waals surface area contributed by atoms with E-state index in [1.165, 1.54) is 6.07 Å². The Bertz CT molecular complexity index is 593. The molecule has 0 aliphatic rings. The van der Waals surface area contributed by atoms with E-state index in [2.05, 4.69) is 5.10 Å². The summed E-state index contributed by atoms with van der Waals surface area (Å²) in [6.07, 6.45) is 4.27. The zero-order valence-corrected chi connectivity index (χ0v) is 10.5. The number of aromatic carboxylic acids is 1. The molecule has 1 heterocycles. The molecule has 6 heteroatoms. The van der Waals surface area contributed by atoms with Crippen LogP contribution in [0.5, 0.6) is 5.75 Å². The second-order valence-corrected chi connectivity index (χ2v) is 4.15. The molecule has 0 radical (unpaired) electrons. The molecule has 2 rings (SSSR count). The lowest BCUT2D eigenvalue weighted by Crippen LogP contribution is -2.08. The van der Waals surface area contributed by atoms with Gasteiger partial charge in [-0.3, -0.25) is 4.68 Å². The molecule has 0 unspecified atom stereocenters. The monoisotopic (exact) mass is 261 g/mol. The van der Waals surface area contributed by atoms with E-state index in [0.29, 0.717) is 18.7 Å². The Morgan fingerprint density at radius 2 is 2.32 bits per heavy atom. The van der Waals surface area contributed by atoms with Crippen LogP contribution in [-0.4, -0.2) is 27.5 Å². The molecule has 0 aliphatic carbocycles. The Hall–Kier alpha value is -2.50. The Morgan fingerprint density at radius 1 is 1.53 bits per heavy atom. The summed E-state index contributed by atoms with van der Waals surface area (Å²) < 4.78 is 7.20. The second-order valence-electron chi connectivity index (χ2n) is 4.15. The lowest BCUT2D eigenvalue weighted by Gasteiger charge is -2.10. The number of carboxylic acid groups (broad SMARTS) is 1. The van der Waals surface area contributed by atoms with Crippen molar-refractivity contribution in [2.75, 3.05) is 12.3 Å². The largest absolute Gasteiger partial charge is 0.490 e.